The molecule has 7 heteroatoms. The lowest BCUT2D eigenvalue weighted by Gasteiger charge is -2.37. The van der Waals surface area contributed by atoms with Crippen LogP contribution in [0.3, 0.4) is 0 Å². The molecule has 2 aliphatic heterocycles. The summed E-state index contributed by atoms with van der Waals surface area (Å²) in [6.45, 7) is 1.76. The first-order chi connectivity index (χ1) is 13.5. The molecule has 0 aromatic heterocycles. The topological polar surface area (TPSA) is 83.8 Å². The molecular weight excluding hydrogens is 358 g/mol. The van der Waals surface area contributed by atoms with Crippen molar-refractivity contribution in [3.05, 3.63) is 75.3 Å². The third-order valence-corrected chi connectivity index (χ3v) is 5.52. The van der Waals surface area contributed by atoms with E-state index in [-0.39, 0.29) is 23.1 Å². The number of benzene rings is 2. The van der Waals surface area contributed by atoms with Crippen LogP contribution in [0.1, 0.15) is 34.3 Å². The van der Waals surface area contributed by atoms with Crippen LogP contribution in [0.5, 0.6) is 0 Å². The lowest BCUT2D eigenvalue weighted by atomic mass is 9.92. The zero-order valence-electron chi connectivity index (χ0n) is 15.4. The van der Waals surface area contributed by atoms with Crippen molar-refractivity contribution < 1.29 is 14.5 Å². The van der Waals surface area contributed by atoms with Crippen LogP contribution in [-0.4, -0.2) is 45.7 Å². The summed E-state index contributed by atoms with van der Waals surface area (Å²) in [6, 6.07) is 12.9. The first kappa shape index (κ1) is 18.2. The summed E-state index contributed by atoms with van der Waals surface area (Å²) in [6.07, 6.45) is 2.42. The molecule has 4 rings (SSSR count). The van der Waals surface area contributed by atoms with Gasteiger partial charge in [0.15, 0.2) is 0 Å². The summed E-state index contributed by atoms with van der Waals surface area (Å²) in [7, 11) is 0. The maximum Gasteiger partial charge on any atom is 0.270 e. The van der Waals surface area contributed by atoms with Crippen LogP contribution >= 0.6 is 0 Å². The van der Waals surface area contributed by atoms with E-state index in [4.69, 9.17) is 0 Å². The smallest absolute Gasteiger partial charge is 0.270 e. The second-order valence-electron chi connectivity index (χ2n) is 7.26. The number of likely N-dealkylation sites (tertiary alicyclic amines) is 1. The summed E-state index contributed by atoms with van der Waals surface area (Å²) in [5.74, 6) is -0.387. The fraction of sp³-hybridized carbons (Fsp3) is 0.333. The molecule has 1 atom stereocenters. The number of fused-ring (bicyclic) bond motifs is 1. The van der Waals surface area contributed by atoms with E-state index in [1.54, 1.807) is 11.0 Å². The van der Waals surface area contributed by atoms with Crippen molar-refractivity contribution in [3.8, 4) is 0 Å². The molecule has 2 aromatic carbocycles. The van der Waals surface area contributed by atoms with Gasteiger partial charge in [-0.3, -0.25) is 19.7 Å². The number of nitrogens with zero attached hydrogens (tertiary/aromatic N) is 3. The van der Waals surface area contributed by atoms with Crippen molar-refractivity contribution in [1.29, 1.82) is 0 Å². The third-order valence-electron chi connectivity index (χ3n) is 5.52. The Kier molecular flexibility index (Phi) is 4.81. The zero-order valence-corrected chi connectivity index (χ0v) is 15.4. The van der Waals surface area contributed by atoms with Gasteiger partial charge in [0, 0.05) is 43.8 Å². The molecule has 28 heavy (non-hydrogen) atoms. The highest BCUT2D eigenvalue weighted by molar-refractivity contribution is 5.98. The number of hydrogen-bond acceptors (Lipinski definition) is 4. The standard InChI is InChI=1S/C21H21N3O4/c25-20(16-8-5-9-18(12-16)24(27)28)23-14-17-7-2-1-6-15(17)13-19(23)21(26)22-10-3-4-11-22/h1-2,5-9,12,19H,3-4,10-11,13-14H2. The Morgan fingerprint density at radius 2 is 1.71 bits per heavy atom. The van der Waals surface area contributed by atoms with Gasteiger partial charge in [-0.1, -0.05) is 30.3 Å². The number of carbonyl (C=O) groups is 2. The van der Waals surface area contributed by atoms with Gasteiger partial charge in [0.25, 0.3) is 11.6 Å². The highest BCUT2D eigenvalue weighted by Crippen LogP contribution is 2.27. The van der Waals surface area contributed by atoms with Gasteiger partial charge >= 0.3 is 0 Å². The Morgan fingerprint density at radius 1 is 1.00 bits per heavy atom. The summed E-state index contributed by atoms with van der Waals surface area (Å²) in [5.41, 5.74) is 2.17. The summed E-state index contributed by atoms with van der Waals surface area (Å²) in [5, 5.41) is 11.1. The summed E-state index contributed by atoms with van der Waals surface area (Å²) < 4.78 is 0. The maximum atomic E-state index is 13.2. The molecular formula is C21H21N3O4. The van der Waals surface area contributed by atoms with Gasteiger partial charge in [-0.15, -0.1) is 0 Å². The second kappa shape index (κ2) is 7.42. The first-order valence-electron chi connectivity index (χ1n) is 9.45. The van der Waals surface area contributed by atoms with Gasteiger partial charge in [-0.2, -0.15) is 0 Å². The molecule has 0 saturated carbocycles. The number of amides is 2. The summed E-state index contributed by atoms with van der Waals surface area (Å²) >= 11 is 0. The van der Waals surface area contributed by atoms with E-state index >= 15 is 0 Å². The minimum absolute atomic E-state index is 0.0363. The van der Waals surface area contributed by atoms with Crippen LogP contribution in [0.15, 0.2) is 48.5 Å². The molecule has 144 valence electrons. The monoisotopic (exact) mass is 379 g/mol. The number of nitro groups is 1. The molecule has 1 unspecified atom stereocenters. The average molecular weight is 379 g/mol. The third kappa shape index (κ3) is 3.35. The molecule has 1 saturated heterocycles. The fourth-order valence-corrected chi connectivity index (χ4v) is 4.02. The average Bonchev–Trinajstić information content (AvgIpc) is 3.26. The largest absolute Gasteiger partial charge is 0.341 e. The number of carbonyl (C=O) groups excluding carboxylic acids is 2. The van der Waals surface area contributed by atoms with Gasteiger partial charge in [-0.25, -0.2) is 0 Å². The first-order valence-corrected chi connectivity index (χ1v) is 9.45. The quantitative estimate of drug-likeness (QED) is 0.606. The molecule has 2 heterocycles. The zero-order chi connectivity index (χ0) is 19.7. The van der Waals surface area contributed by atoms with Gasteiger partial charge < -0.3 is 9.80 Å². The molecule has 0 N–H and O–H groups in total. The molecule has 2 aliphatic rings. The van der Waals surface area contributed by atoms with Gasteiger partial charge in [0.1, 0.15) is 6.04 Å². The molecule has 2 aromatic rings. The van der Waals surface area contributed by atoms with Gasteiger partial charge in [-0.05, 0) is 30.0 Å². The van der Waals surface area contributed by atoms with Crippen molar-refractivity contribution in [2.24, 2.45) is 0 Å². The van der Waals surface area contributed by atoms with E-state index in [1.165, 1.54) is 18.2 Å². The van der Waals surface area contributed by atoms with Crippen LogP contribution in [0.2, 0.25) is 0 Å². The molecule has 0 aliphatic carbocycles. The van der Waals surface area contributed by atoms with E-state index in [9.17, 15) is 19.7 Å². The Balaban J connectivity index is 1.69. The van der Waals surface area contributed by atoms with Crippen molar-refractivity contribution in [3.63, 3.8) is 0 Å². The Hall–Kier alpha value is -3.22. The highest BCUT2D eigenvalue weighted by atomic mass is 16.6. The highest BCUT2D eigenvalue weighted by Gasteiger charge is 2.38. The van der Waals surface area contributed by atoms with E-state index in [2.05, 4.69) is 0 Å². The lowest BCUT2D eigenvalue weighted by molar-refractivity contribution is -0.384. The van der Waals surface area contributed by atoms with E-state index in [1.807, 2.05) is 29.2 Å². The normalized spacial score (nSPS) is 18.6. The maximum absolute atomic E-state index is 13.2. The Bertz CT molecular complexity index is 937. The van der Waals surface area contributed by atoms with E-state index < -0.39 is 11.0 Å². The SMILES string of the molecule is O=C(C1Cc2ccccc2CN1C(=O)c1cccc([N+](=O)[O-])c1)N1CCCC1. The molecule has 1 fully saturated rings. The Morgan fingerprint density at radius 3 is 2.43 bits per heavy atom. The van der Waals surface area contributed by atoms with Crippen molar-refractivity contribution in [2.75, 3.05) is 13.1 Å². The number of rotatable bonds is 3. The van der Waals surface area contributed by atoms with Crippen LogP contribution < -0.4 is 0 Å². The number of nitro benzene ring substituents is 1. The predicted octanol–water partition coefficient (Wildman–Crippen LogP) is 2.78. The van der Waals surface area contributed by atoms with Crippen molar-refractivity contribution >= 4 is 17.5 Å². The Labute approximate surface area is 162 Å². The van der Waals surface area contributed by atoms with E-state index in [0.717, 1.165) is 37.1 Å². The summed E-state index contributed by atoms with van der Waals surface area (Å²) in [4.78, 5) is 40.4. The van der Waals surface area contributed by atoms with Crippen LogP contribution in [-0.2, 0) is 17.8 Å². The molecule has 2 amide bonds. The number of non-ortho nitro benzene ring substituents is 1. The van der Waals surface area contributed by atoms with Gasteiger partial charge in [0.2, 0.25) is 5.91 Å². The molecule has 0 bridgehead atoms. The minimum atomic E-state index is -0.584. The van der Waals surface area contributed by atoms with E-state index in [0.29, 0.717) is 13.0 Å². The predicted molar refractivity (Wildman–Crippen MR) is 103 cm³/mol. The van der Waals surface area contributed by atoms with Crippen LogP contribution in [0.25, 0.3) is 0 Å². The van der Waals surface area contributed by atoms with Crippen LogP contribution in [0.4, 0.5) is 5.69 Å². The van der Waals surface area contributed by atoms with Gasteiger partial charge in [0.05, 0.1) is 4.92 Å². The lowest BCUT2D eigenvalue weighted by Crippen LogP contribution is -2.53. The van der Waals surface area contributed by atoms with Crippen LogP contribution in [0, 0.1) is 10.1 Å². The molecule has 7 nitrogen and oxygen atoms in total. The number of hydrogen-bond donors (Lipinski definition) is 0. The fourth-order valence-electron chi connectivity index (χ4n) is 4.02. The second-order valence-corrected chi connectivity index (χ2v) is 7.26. The van der Waals surface area contributed by atoms with Crippen molar-refractivity contribution in [2.45, 2.75) is 31.8 Å². The minimum Gasteiger partial charge on any atom is -0.341 e. The van der Waals surface area contributed by atoms with Crippen molar-refractivity contribution in [1.82, 2.24) is 9.80 Å². The molecule has 0 radical (unpaired) electrons. The molecule has 0 spiro atoms.